The number of nitrogens with zero attached hydrogens (tertiary/aromatic N) is 5. The average Bonchev–Trinajstić information content (AvgIpc) is 3.17. The molecular formula is C14H15N5O3S. The van der Waals surface area contributed by atoms with Crippen LogP contribution in [0.1, 0.15) is 23.5 Å². The minimum atomic E-state index is -0.117. The number of hydrogen-bond donors (Lipinski definition) is 0. The van der Waals surface area contributed by atoms with E-state index < -0.39 is 0 Å². The van der Waals surface area contributed by atoms with Crippen molar-refractivity contribution in [1.82, 2.24) is 24.4 Å². The molecule has 3 aromatic rings. The van der Waals surface area contributed by atoms with Crippen molar-refractivity contribution < 1.29 is 9.26 Å². The first-order valence-electron chi connectivity index (χ1n) is 7.28. The second kappa shape index (κ2) is 5.84. The van der Waals surface area contributed by atoms with Gasteiger partial charge < -0.3 is 9.26 Å². The second-order valence-corrected chi connectivity index (χ2v) is 6.26. The molecule has 8 nitrogen and oxygen atoms in total. The Balaban J connectivity index is 1.63. The van der Waals surface area contributed by atoms with Gasteiger partial charge in [-0.25, -0.2) is 4.98 Å². The van der Waals surface area contributed by atoms with Crippen molar-refractivity contribution in [1.29, 1.82) is 0 Å². The zero-order chi connectivity index (χ0) is 15.8. The van der Waals surface area contributed by atoms with Crippen molar-refractivity contribution in [2.24, 2.45) is 0 Å². The number of aromatic nitrogens is 4. The van der Waals surface area contributed by atoms with Gasteiger partial charge in [0.15, 0.2) is 10.8 Å². The molecule has 0 aromatic carbocycles. The van der Waals surface area contributed by atoms with Crippen molar-refractivity contribution >= 4 is 16.3 Å². The summed E-state index contributed by atoms with van der Waals surface area (Å²) in [6.07, 6.45) is 1.73. The largest absolute Gasteiger partial charge is 0.378 e. The molecule has 3 aromatic heterocycles. The van der Waals surface area contributed by atoms with Crippen molar-refractivity contribution in [3.8, 4) is 0 Å². The molecule has 1 fully saturated rings. The lowest BCUT2D eigenvalue weighted by molar-refractivity contribution is -0.0246. The first-order valence-corrected chi connectivity index (χ1v) is 8.16. The van der Waals surface area contributed by atoms with Gasteiger partial charge in [0.25, 0.3) is 5.56 Å². The average molecular weight is 333 g/mol. The van der Waals surface area contributed by atoms with E-state index in [-0.39, 0.29) is 11.6 Å². The highest BCUT2D eigenvalue weighted by Crippen LogP contribution is 2.24. The van der Waals surface area contributed by atoms with Gasteiger partial charge in [-0.2, -0.15) is 4.98 Å². The molecule has 0 aliphatic carbocycles. The predicted octanol–water partition coefficient (Wildman–Crippen LogP) is 1.02. The summed E-state index contributed by atoms with van der Waals surface area (Å²) in [6.45, 7) is 4.16. The summed E-state index contributed by atoms with van der Waals surface area (Å²) in [5.74, 6) is 1.14. The summed E-state index contributed by atoms with van der Waals surface area (Å²) in [6, 6.07) is 1.46. The van der Waals surface area contributed by atoms with Crippen molar-refractivity contribution in [2.75, 3.05) is 19.8 Å². The Bertz CT molecular complexity index is 886. The van der Waals surface area contributed by atoms with Crippen LogP contribution in [0.5, 0.6) is 0 Å². The quantitative estimate of drug-likeness (QED) is 0.707. The Kier molecular flexibility index (Phi) is 3.68. The summed E-state index contributed by atoms with van der Waals surface area (Å²) in [4.78, 5) is 23.8. The topological polar surface area (TPSA) is 85.8 Å². The molecule has 1 atom stereocenters. The third-order valence-corrected chi connectivity index (χ3v) is 4.55. The van der Waals surface area contributed by atoms with Crippen LogP contribution in [0.15, 0.2) is 27.0 Å². The van der Waals surface area contributed by atoms with E-state index in [0.29, 0.717) is 36.4 Å². The van der Waals surface area contributed by atoms with E-state index in [9.17, 15) is 4.79 Å². The van der Waals surface area contributed by atoms with Gasteiger partial charge in [-0.15, -0.1) is 11.3 Å². The van der Waals surface area contributed by atoms with Gasteiger partial charge in [-0.05, 0) is 6.92 Å². The monoisotopic (exact) mass is 333 g/mol. The number of fused-ring (bicyclic) bond motifs is 1. The standard InChI is InChI=1S/C14H15N5O3S/c1-9-15-13(22-17-9)11-8-21-4-2-18(11)7-10-6-12(20)19-3-5-23-14(19)16-10/h3,5-6,11H,2,4,7-8H2,1H3/t11-/m0/s1. The van der Waals surface area contributed by atoms with Crippen LogP contribution in [0.3, 0.4) is 0 Å². The zero-order valence-corrected chi connectivity index (χ0v) is 13.3. The fourth-order valence-corrected chi connectivity index (χ4v) is 3.42. The van der Waals surface area contributed by atoms with Crippen LogP contribution in [0.25, 0.3) is 4.96 Å². The van der Waals surface area contributed by atoms with Gasteiger partial charge in [-0.1, -0.05) is 5.16 Å². The van der Waals surface area contributed by atoms with Crippen LogP contribution < -0.4 is 5.56 Å². The Labute approximate surface area is 135 Å². The van der Waals surface area contributed by atoms with Gasteiger partial charge in [0.1, 0.15) is 6.04 Å². The molecule has 4 heterocycles. The summed E-state index contributed by atoms with van der Waals surface area (Å²) < 4.78 is 12.4. The smallest absolute Gasteiger partial charge is 0.258 e. The fraction of sp³-hybridized carbons (Fsp3) is 0.429. The Morgan fingerprint density at radius 1 is 1.43 bits per heavy atom. The highest BCUT2D eigenvalue weighted by Gasteiger charge is 2.29. The van der Waals surface area contributed by atoms with Crippen LogP contribution in [-0.2, 0) is 11.3 Å². The van der Waals surface area contributed by atoms with Crippen LogP contribution in [0.4, 0.5) is 0 Å². The molecule has 0 bridgehead atoms. The van der Waals surface area contributed by atoms with Crippen molar-refractivity contribution in [3.63, 3.8) is 0 Å². The molecule has 0 saturated carbocycles. The maximum absolute atomic E-state index is 12.1. The number of hydrogen-bond acceptors (Lipinski definition) is 8. The molecule has 1 saturated heterocycles. The highest BCUT2D eigenvalue weighted by molar-refractivity contribution is 7.15. The minimum absolute atomic E-state index is 0.0651. The first-order chi connectivity index (χ1) is 11.2. The maximum Gasteiger partial charge on any atom is 0.258 e. The Hall–Kier alpha value is -2.10. The van der Waals surface area contributed by atoms with Crippen LogP contribution in [0.2, 0.25) is 0 Å². The molecule has 1 aliphatic rings. The summed E-state index contributed by atoms with van der Waals surface area (Å²) >= 11 is 1.45. The lowest BCUT2D eigenvalue weighted by Gasteiger charge is -2.32. The number of aryl methyl sites for hydroxylation is 1. The molecule has 0 unspecified atom stereocenters. The van der Waals surface area contributed by atoms with E-state index >= 15 is 0 Å². The molecule has 0 amide bonds. The molecular weight excluding hydrogens is 318 g/mol. The molecule has 4 rings (SSSR count). The summed E-state index contributed by atoms with van der Waals surface area (Å²) in [7, 11) is 0. The molecule has 0 N–H and O–H groups in total. The predicted molar refractivity (Wildman–Crippen MR) is 82.3 cm³/mol. The fourth-order valence-electron chi connectivity index (χ4n) is 2.68. The molecule has 0 spiro atoms. The van der Waals surface area contributed by atoms with E-state index in [1.54, 1.807) is 23.6 Å². The number of thiazole rings is 1. The van der Waals surface area contributed by atoms with Gasteiger partial charge >= 0.3 is 0 Å². The van der Waals surface area contributed by atoms with E-state index in [4.69, 9.17) is 9.26 Å². The van der Waals surface area contributed by atoms with E-state index in [0.717, 1.165) is 12.2 Å². The maximum atomic E-state index is 12.1. The Morgan fingerprint density at radius 3 is 3.17 bits per heavy atom. The summed E-state index contributed by atoms with van der Waals surface area (Å²) in [5.41, 5.74) is 0.672. The molecule has 1 aliphatic heterocycles. The Morgan fingerprint density at radius 2 is 2.35 bits per heavy atom. The van der Waals surface area contributed by atoms with Crippen molar-refractivity contribution in [2.45, 2.75) is 19.5 Å². The highest BCUT2D eigenvalue weighted by atomic mass is 32.1. The van der Waals surface area contributed by atoms with Crippen LogP contribution >= 0.6 is 11.3 Å². The normalized spacial score (nSPS) is 19.4. The lowest BCUT2D eigenvalue weighted by atomic mass is 10.2. The number of ether oxygens (including phenoxy) is 1. The molecule has 23 heavy (non-hydrogen) atoms. The third kappa shape index (κ3) is 2.78. The van der Waals surface area contributed by atoms with Crippen LogP contribution in [0, 0.1) is 6.92 Å². The zero-order valence-electron chi connectivity index (χ0n) is 12.5. The lowest BCUT2D eigenvalue weighted by Crippen LogP contribution is -2.39. The SMILES string of the molecule is Cc1noc([C@@H]2COCCN2Cc2cc(=O)n3ccsc3n2)n1. The van der Waals surface area contributed by atoms with Crippen molar-refractivity contribution in [3.05, 3.63) is 45.4 Å². The van der Waals surface area contributed by atoms with Gasteiger partial charge in [-0.3, -0.25) is 14.1 Å². The van der Waals surface area contributed by atoms with Gasteiger partial charge in [0.05, 0.1) is 18.9 Å². The summed E-state index contributed by atoms with van der Waals surface area (Å²) in [5, 5.41) is 5.70. The molecule has 9 heteroatoms. The first kappa shape index (κ1) is 14.5. The minimum Gasteiger partial charge on any atom is -0.378 e. The van der Waals surface area contributed by atoms with Gasteiger partial charge in [0.2, 0.25) is 5.89 Å². The van der Waals surface area contributed by atoms with E-state index in [1.807, 2.05) is 5.38 Å². The second-order valence-electron chi connectivity index (χ2n) is 5.38. The molecule has 0 radical (unpaired) electrons. The van der Waals surface area contributed by atoms with Crippen LogP contribution in [-0.4, -0.2) is 44.2 Å². The van der Waals surface area contributed by atoms with E-state index in [2.05, 4.69) is 20.0 Å². The van der Waals surface area contributed by atoms with Gasteiger partial charge in [0, 0.05) is 30.7 Å². The number of morpholine rings is 1. The number of rotatable bonds is 3. The molecule has 120 valence electrons. The third-order valence-electron chi connectivity index (χ3n) is 3.79. The van der Waals surface area contributed by atoms with E-state index in [1.165, 1.54) is 11.3 Å².